The number of anilines is 1. The molecule has 4 nitrogen and oxygen atoms in total. The minimum absolute atomic E-state index is 0.540. The molecule has 17 heavy (non-hydrogen) atoms. The first-order valence-electron chi connectivity index (χ1n) is 6.30. The lowest BCUT2D eigenvalue weighted by Crippen LogP contribution is -2.58. The van der Waals surface area contributed by atoms with E-state index in [9.17, 15) is 0 Å². The van der Waals surface area contributed by atoms with E-state index < -0.39 is 0 Å². The molecule has 94 valence electrons. The fourth-order valence-corrected chi connectivity index (χ4v) is 3.95. The molecule has 0 aromatic carbocycles. The molecule has 6 heteroatoms. The van der Waals surface area contributed by atoms with Gasteiger partial charge in [-0.05, 0) is 38.5 Å². The van der Waals surface area contributed by atoms with Crippen LogP contribution in [0.2, 0.25) is 0 Å². The second-order valence-electron chi connectivity index (χ2n) is 5.04. The van der Waals surface area contributed by atoms with Gasteiger partial charge in [-0.2, -0.15) is 0 Å². The van der Waals surface area contributed by atoms with Crippen LogP contribution in [-0.2, 0) is 0 Å². The van der Waals surface area contributed by atoms with Gasteiger partial charge in [-0.1, -0.05) is 17.8 Å². The molecule has 3 heterocycles. The summed E-state index contributed by atoms with van der Waals surface area (Å²) in [4.78, 5) is 5.07. The number of aromatic nitrogens is 2. The van der Waals surface area contributed by atoms with E-state index in [-0.39, 0.29) is 0 Å². The van der Waals surface area contributed by atoms with Crippen molar-refractivity contribution in [2.45, 2.75) is 38.3 Å². The fraction of sp³-hybridized carbons (Fsp3) is 0.818. The Morgan fingerprint density at radius 1 is 1.41 bits per heavy atom. The number of hydrogen-bond acceptors (Lipinski definition) is 5. The van der Waals surface area contributed by atoms with Crippen LogP contribution < -0.4 is 4.90 Å². The monoisotopic (exact) mass is 270 g/mol. The second-order valence-corrected chi connectivity index (χ2v) is 6.69. The van der Waals surface area contributed by atoms with Crippen molar-refractivity contribution in [2.24, 2.45) is 0 Å². The van der Waals surface area contributed by atoms with Crippen LogP contribution in [0, 0.1) is 3.95 Å². The third kappa shape index (κ3) is 2.26. The summed E-state index contributed by atoms with van der Waals surface area (Å²) in [5, 5.41) is 8.27. The van der Waals surface area contributed by atoms with Gasteiger partial charge in [-0.25, -0.2) is 0 Å². The summed E-state index contributed by atoms with van der Waals surface area (Å²) in [6.45, 7) is 5.84. The third-order valence-electron chi connectivity index (χ3n) is 3.86. The van der Waals surface area contributed by atoms with Gasteiger partial charge in [0, 0.05) is 25.2 Å². The summed E-state index contributed by atoms with van der Waals surface area (Å²) in [5.74, 6) is 0. The fourth-order valence-electron chi connectivity index (χ4n) is 2.96. The van der Waals surface area contributed by atoms with Gasteiger partial charge in [-0.15, -0.1) is 5.10 Å². The van der Waals surface area contributed by atoms with Crippen LogP contribution in [0.1, 0.15) is 26.2 Å². The van der Waals surface area contributed by atoms with Crippen LogP contribution in [0.25, 0.3) is 0 Å². The topological polar surface area (TPSA) is 35.2 Å². The third-order valence-corrected chi connectivity index (χ3v) is 4.99. The molecule has 1 aromatic rings. The molecule has 3 rings (SSSR count). The van der Waals surface area contributed by atoms with Gasteiger partial charge in [0.15, 0.2) is 3.95 Å². The van der Waals surface area contributed by atoms with Crippen molar-refractivity contribution in [3.63, 3.8) is 0 Å². The Morgan fingerprint density at radius 3 is 3.06 bits per heavy atom. The van der Waals surface area contributed by atoms with Crippen LogP contribution in [-0.4, -0.2) is 46.8 Å². The number of hydrogen-bond donors (Lipinski definition) is 1. The van der Waals surface area contributed by atoms with E-state index in [2.05, 4.69) is 26.9 Å². The summed E-state index contributed by atoms with van der Waals surface area (Å²) in [6.07, 6.45) is 4.07. The number of aromatic amines is 1. The van der Waals surface area contributed by atoms with Gasteiger partial charge in [-0.3, -0.25) is 10.00 Å². The van der Waals surface area contributed by atoms with E-state index in [1.807, 2.05) is 0 Å². The van der Waals surface area contributed by atoms with Crippen molar-refractivity contribution in [3.8, 4) is 0 Å². The van der Waals surface area contributed by atoms with Crippen LogP contribution in [0.3, 0.4) is 0 Å². The lowest BCUT2D eigenvalue weighted by Gasteiger charge is -2.47. The number of rotatable bonds is 1. The summed E-state index contributed by atoms with van der Waals surface area (Å²) in [5.41, 5.74) is 0. The standard InChI is InChI=1S/C11H18N4S2/c1-8-6-14-5-3-2-4-9(14)7-15(8)10-12-13-11(16)17-10/h8-9H,2-7H2,1H3,(H,13,16). The molecule has 2 aliphatic heterocycles. The first-order chi connectivity index (χ1) is 8.24. The van der Waals surface area contributed by atoms with E-state index in [0.717, 1.165) is 28.2 Å². The van der Waals surface area contributed by atoms with Crippen molar-refractivity contribution in [3.05, 3.63) is 3.95 Å². The molecule has 1 aromatic heterocycles. The van der Waals surface area contributed by atoms with Gasteiger partial charge in [0.2, 0.25) is 5.13 Å². The molecular formula is C11H18N4S2. The molecule has 0 radical (unpaired) electrons. The maximum atomic E-state index is 5.12. The van der Waals surface area contributed by atoms with E-state index in [4.69, 9.17) is 12.2 Å². The maximum Gasteiger partial charge on any atom is 0.207 e. The number of H-pyrrole nitrogens is 1. The summed E-state index contributed by atoms with van der Waals surface area (Å²) < 4.78 is 0.776. The molecule has 0 spiro atoms. The molecule has 2 unspecified atom stereocenters. The van der Waals surface area contributed by atoms with E-state index in [1.165, 1.54) is 25.8 Å². The highest BCUT2D eigenvalue weighted by molar-refractivity contribution is 7.73. The van der Waals surface area contributed by atoms with Crippen molar-refractivity contribution in [2.75, 3.05) is 24.5 Å². The zero-order valence-electron chi connectivity index (χ0n) is 10.1. The van der Waals surface area contributed by atoms with Crippen LogP contribution in [0.15, 0.2) is 0 Å². The molecule has 2 fully saturated rings. The SMILES string of the molecule is CC1CN2CCCCC2CN1c1n[nH]c(=S)s1. The molecular weight excluding hydrogens is 252 g/mol. The molecule has 0 amide bonds. The Kier molecular flexibility index (Phi) is 3.19. The summed E-state index contributed by atoms with van der Waals surface area (Å²) in [7, 11) is 0. The Morgan fingerprint density at radius 2 is 2.29 bits per heavy atom. The number of nitrogens with one attached hydrogen (secondary N) is 1. The molecule has 0 aliphatic carbocycles. The highest BCUT2D eigenvalue weighted by Gasteiger charge is 2.33. The normalized spacial score (nSPS) is 30.3. The number of fused-ring (bicyclic) bond motifs is 1. The minimum atomic E-state index is 0.540. The number of nitrogens with zero attached hydrogens (tertiary/aromatic N) is 3. The van der Waals surface area contributed by atoms with Crippen molar-refractivity contribution >= 4 is 28.7 Å². The largest absolute Gasteiger partial charge is 0.341 e. The predicted octanol–water partition coefficient (Wildman–Crippen LogP) is 2.26. The first-order valence-corrected chi connectivity index (χ1v) is 7.53. The molecule has 0 bridgehead atoms. The minimum Gasteiger partial charge on any atom is -0.341 e. The average Bonchev–Trinajstić information content (AvgIpc) is 2.75. The Balaban J connectivity index is 1.79. The average molecular weight is 270 g/mol. The zero-order valence-corrected chi connectivity index (χ0v) is 11.7. The second kappa shape index (κ2) is 4.66. The van der Waals surface area contributed by atoms with Gasteiger partial charge >= 0.3 is 0 Å². The Labute approximate surface area is 111 Å². The van der Waals surface area contributed by atoms with Crippen molar-refractivity contribution < 1.29 is 0 Å². The highest BCUT2D eigenvalue weighted by Crippen LogP contribution is 2.28. The van der Waals surface area contributed by atoms with Crippen molar-refractivity contribution in [1.29, 1.82) is 0 Å². The Bertz CT molecular complexity index is 441. The molecule has 2 aliphatic rings. The van der Waals surface area contributed by atoms with Crippen LogP contribution in [0.5, 0.6) is 0 Å². The van der Waals surface area contributed by atoms with Gasteiger partial charge in [0.25, 0.3) is 0 Å². The van der Waals surface area contributed by atoms with Crippen molar-refractivity contribution in [1.82, 2.24) is 15.1 Å². The maximum absolute atomic E-state index is 5.12. The summed E-state index contributed by atoms with van der Waals surface area (Å²) in [6, 6.07) is 1.26. The molecule has 0 saturated carbocycles. The van der Waals surface area contributed by atoms with E-state index >= 15 is 0 Å². The lowest BCUT2D eigenvalue weighted by molar-refractivity contribution is 0.115. The quantitative estimate of drug-likeness (QED) is 0.794. The van der Waals surface area contributed by atoms with Gasteiger partial charge in [0.1, 0.15) is 0 Å². The van der Waals surface area contributed by atoms with Gasteiger partial charge < -0.3 is 4.90 Å². The Hall–Kier alpha value is -0.460. The highest BCUT2D eigenvalue weighted by atomic mass is 32.1. The number of piperazine rings is 1. The van der Waals surface area contributed by atoms with Gasteiger partial charge in [0.05, 0.1) is 0 Å². The summed E-state index contributed by atoms with van der Waals surface area (Å²) >= 11 is 6.71. The number of piperidine rings is 1. The lowest BCUT2D eigenvalue weighted by atomic mass is 9.97. The molecule has 2 saturated heterocycles. The first kappa shape index (κ1) is 11.6. The predicted molar refractivity (Wildman–Crippen MR) is 73.3 cm³/mol. The van der Waals surface area contributed by atoms with Crippen LogP contribution >= 0.6 is 23.6 Å². The van der Waals surface area contributed by atoms with E-state index in [1.54, 1.807) is 11.3 Å². The molecule has 2 atom stereocenters. The van der Waals surface area contributed by atoms with Crippen LogP contribution in [0.4, 0.5) is 5.13 Å². The molecule has 1 N–H and O–H groups in total. The smallest absolute Gasteiger partial charge is 0.207 e. The zero-order chi connectivity index (χ0) is 11.8. The van der Waals surface area contributed by atoms with E-state index in [0.29, 0.717) is 6.04 Å².